The molecule has 2 atom stereocenters. The van der Waals surface area contributed by atoms with E-state index in [1.807, 2.05) is 41.9 Å². The number of carbonyl (C=O) groups excluding carboxylic acids is 2. The molecule has 0 aromatic heterocycles. The second-order valence-corrected chi connectivity index (χ2v) is 7.83. The number of aliphatic carboxylic acids is 1. The van der Waals surface area contributed by atoms with Gasteiger partial charge >= 0.3 is 11.9 Å². The molecule has 134 valence electrons. The van der Waals surface area contributed by atoms with Gasteiger partial charge in [-0.15, -0.1) is 0 Å². The zero-order valence-corrected chi connectivity index (χ0v) is 15.3. The molecule has 0 radical (unpaired) electrons. The van der Waals surface area contributed by atoms with E-state index < -0.39 is 18.0 Å². The van der Waals surface area contributed by atoms with Crippen LogP contribution in [-0.4, -0.2) is 61.1 Å². The minimum Gasteiger partial charge on any atom is -0.481 e. The van der Waals surface area contributed by atoms with E-state index in [1.165, 1.54) is 0 Å². The highest BCUT2D eigenvalue weighted by atomic mass is 16.5. The van der Waals surface area contributed by atoms with Crippen LogP contribution in [0.25, 0.3) is 0 Å². The molecule has 6 heteroatoms. The number of nitrogens with zero attached hydrogens (tertiary/aromatic N) is 1. The van der Waals surface area contributed by atoms with E-state index >= 15 is 0 Å². The van der Waals surface area contributed by atoms with Crippen LogP contribution in [-0.2, 0) is 19.1 Å². The summed E-state index contributed by atoms with van der Waals surface area (Å²) in [7, 11) is 5.74. The maximum absolute atomic E-state index is 12.0. The number of hydrogen-bond donors (Lipinski definition) is 1. The summed E-state index contributed by atoms with van der Waals surface area (Å²) < 4.78 is 5.83. The molecule has 0 fully saturated rings. The van der Waals surface area contributed by atoms with Gasteiger partial charge in [0.2, 0.25) is 0 Å². The van der Waals surface area contributed by atoms with Crippen molar-refractivity contribution in [3.63, 3.8) is 0 Å². The summed E-state index contributed by atoms with van der Waals surface area (Å²) >= 11 is 0. The van der Waals surface area contributed by atoms with Crippen LogP contribution in [0.5, 0.6) is 0 Å². The number of Topliss-reactive ketones (excluding diaryl/α,β-unsaturated/α-hetero) is 1. The minimum atomic E-state index is -0.989. The lowest BCUT2D eigenvalue weighted by Gasteiger charge is -2.28. The predicted octanol–water partition coefficient (Wildman–Crippen LogP) is 2.11. The van der Waals surface area contributed by atoms with Crippen LogP contribution in [0.15, 0.2) is 0 Å². The van der Waals surface area contributed by atoms with Gasteiger partial charge in [0.15, 0.2) is 6.10 Å². The summed E-state index contributed by atoms with van der Waals surface area (Å²) in [5.74, 6) is -1.06. The summed E-state index contributed by atoms with van der Waals surface area (Å²) in [6, 6.07) is 0. The normalized spacial score (nSPS) is 14.4. The molecule has 0 heterocycles. The molecular weight excluding hydrogens is 298 g/mol. The van der Waals surface area contributed by atoms with E-state index in [2.05, 4.69) is 0 Å². The van der Waals surface area contributed by atoms with E-state index in [-0.39, 0.29) is 24.5 Å². The molecule has 2 unspecified atom stereocenters. The first kappa shape index (κ1) is 21.6. The lowest BCUT2D eigenvalue weighted by Crippen LogP contribution is -2.43. The number of quaternary nitrogens is 1. The van der Waals surface area contributed by atoms with Gasteiger partial charge < -0.3 is 14.3 Å². The van der Waals surface area contributed by atoms with E-state index in [0.717, 1.165) is 0 Å². The Labute approximate surface area is 139 Å². The van der Waals surface area contributed by atoms with Crippen LogP contribution < -0.4 is 0 Å². The Balaban J connectivity index is 4.45. The molecule has 0 spiro atoms. The van der Waals surface area contributed by atoms with Gasteiger partial charge in [-0.25, -0.2) is 0 Å². The molecule has 0 saturated carbocycles. The van der Waals surface area contributed by atoms with Crippen molar-refractivity contribution in [1.82, 2.24) is 0 Å². The van der Waals surface area contributed by atoms with Crippen molar-refractivity contribution in [3.8, 4) is 0 Å². The third kappa shape index (κ3) is 12.8. The Morgan fingerprint density at radius 2 is 1.52 bits per heavy atom. The molecule has 0 saturated heterocycles. The summed E-state index contributed by atoms with van der Waals surface area (Å²) in [5, 5.41) is 8.94. The molecule has 0 rings (SSSR count). The first-order valence-electron chi connectivity index (χ1n) is 8.12. The van der Waals surface area contributed by atoms with Gasteiger partial charge in [-0.1, -0.05) is 20.8 Å². The van der Waals surface area contributed by atoms with Gasteiger partial charge in [0.05, 0.1) is 27.6 Å². The smallest absolute Gasteiger partial charge is 0.307 e. The standard InChI is InChI=1S/C17H31NO5/c1-12(2)7-14(19)8-13(3)9-17(22)23-15(10-16(20)21)11-18(4,5)6/h12-13,15H,7-11H2,1-6H3/p+1. The second-order valence-electron chi connectivity index (χ2n) is 7.83. The molecule has 0 aromatic carbocycles. The van der Waals surface area contributed by atoms with E-state index in [1.54, 1.807) is 0 Å². The third-order valence-electron chi connectivity index (χ3n) is 3.18. The van der Waals surface area contributed by atoms with Crippen molar-refractivity contribution in [2.45, 2.75) is 52.6 Å². The van der Waals surface area contributed by atoms with Crippen LogP contribution in [0.3, 0.4) is 0 Å². The maximum Gasteiger partial charge on any atom is 0.307 e. The van der Waals surface area contributed by atoms with Crippen LogP contribution in [0.1, 0.15) is 46.5 Å². The van der Waals surface area contributed by atoms with Crippen molar-refractivity contribution in [3.05, 3.63) is 0 Å². The van der Waals surface area contributed by atoms with Crippen LogP contribution in [0.2, 0.25) is 0 Å². The van der Waals surface area contributed by atoms with Crippen molar-refractivity contribution in [2.75, 3.05) is 27.7 Å². The second kappa shape index (κ2) is 9.65. The highest BCUT2D eigenvalue weighted by molar-refractivity contribution is 5.79. The number of ketones is 1. The van der Waals surface area contributed by atoms with Crippen molar-refractivity contribution in [2.24, 2.45) is 11.8 Å². The van der Waals surface area contributed by atoms with Crippen LogP contribution in [0.4, 0.5) is 0 Å². The van der Waals surface area contributed by atoms with Crippen molar-refractivity contribution < 1.29 is 28.7 Å². The quantitative estimate of drug-likeness (QED) is 0.463. The van der Waals surface area contributed by atoms with Crippen molar-refractivity contribution in [1.29, 1.82) is 0 Å². The molecule has 23 heavy (non-hydrogen) atoms. The van der Waals surface area contributed by atoms with Gasteiger partial charge in [-0.05, 0) is 11.8 Å². The van der Waals surface area contributed by atoms with Gasteiger partial charge in [-0.3, -0.25) is 14.4 Å². The molecule has 0 aliphatic carbocycles. The van der Waals surface area contributed by atoms with Crippen LogP contribution >= 0.6 is 0 Å². The molecule has 6 nitrogen and oxygen atoms in total. The zero-order chi connectivity index (χ0) is 18.2. The lowest BCUT2D eigenvalue weighted by molar-refractivity contribution is -0.873. The fourth-order valence-electron chi connectivity index (χ4n) is 2.47. The first-order valence-corrected chi connectivity index (χ1v) is 8.12. The van der Waals surface area contributed by atoms with Crippen LogP contribution in [0, 0.1) is 11.8 Å². The van der Waals surface area contributed by atoms with Gasteiger partial charge in [0.25, 0.3) is 0 Å². The Hall–Kier alpha value is -1.43. The summed E-state index contributed by atoms with van der Waals surface area (Å²) in [6.07, 6.45) is 0.145. The third-order valence-corrected chi connectivity index (χ3v) is 3.18. The average molecular weight is 330 g/mol. The Bertz CT molecular complexity index is 412. The largest absolute Gasteiger partial charge is 0.481 e. The number of rotatable bonds is 11. The molecule has 0 amide bonds. The minimum absolute atomic E-state index is 0.0941. The fraction of sp³-hybridized carbons (Fsp3) is 0.824. The summed E-state index contributed by atoms with van der Waals surface area (Å²) in [5.41, 5.74) is 0. The van der Waals surface area contributed by atoms with Gasteiger partial charge in [0.1, 0.15) is 12.3 Å². The maximum atomic E-state index is 12.0. The molecule has 0 aliphatic rings. The summed E-state index contributed by atoms with van der Waals surface area (Å²) in [4.78, 5) is 34.7. The van der Waals surface area contributed by atoms with Gasteiger partial charge in [-0.2, -0.15) is 0 Å². The Morgan fingerprint density at radius 1 is 0.957 bits per heavy atom. The van der Waals surface area contributed by atoms with Crippen molar-refractivity contribution >= 4 is 17.7 Å². The monoisotopic (exact) mass is 330 g/mol. The number of carbonyl (C=O) groups is 3. The van der Waals surface area contributed by atoms with E-state index in [4.69, 9.17) is 9.84 Å². The zero-order valence-electron chi connectivity index (χ0n) is 15.3. The molecule has 0 aromatic rings. The molecule has 0 bridgehead atoms. The molecular formula is C17H32NO5+. The van der Waals surface area contributed by atoms with E-state index in [0.29, 0.717) is 29.8 Å². The highest BCUT2D eigenvalue weighted by Crippen LogP contribution is 2.15. The molecule has 1 N–H and O–H groups in total. The average Bonchev–Trinajstić information content (AvgIpc) is 2.22. The number of esters is 1. The number of hydrogen-bond acceptors (Lipinski definition) is 4. The number of ether oxygens (including phenoxy) is 1. The Kier molecular flexibility index (Phi) is 9.05. The van der Waals surface area contributed by atoms with Gasteiger partial charge in [0, 0.05) is 19.3 Å². The SMILES string of the molecule is CC(C)CC(=O)CC(C)CC(=O)OC(CC(=O)O)C[N+](C)(C)C. The fourth-order valence-corrected chi connectivity index (χ4v) is 2.47. The number of carboxylic acid groups (broad SMARTS) is 1. The summed E-state index contributed by atoms with van der Waals surface area (Å²) in [6.45, 7) is 6.24. The number of carboxylic acids is 1. The lowest BCUT2D eigenvalue weighted by atomic mass is 9.96. The topological polar surface area (TPSA) is 80.7 Å². The molecule has 0 aliphatic heterocycles. The predicted molar refractivity (Wildman–Crippen MR) is 87.9 cm³/mol. The number of likely N-dealkylation sites (N-methyl/N-ethyl adjacent to an activating group) is 1. The first-order chi connectivity index (χ1) is 10.4. The highest BCUT2D eigenvalue weighted by Gasteiger charge is 2.25. The Morgan fingerprint density at radius 3 is 1.96 bits per heavy atom. The van der Waals surface area contributed by atoms with E-state index in [9.17, 15) is 14.4 Å².